The molecule has 0 aromatic carbocycles. The number of piperidine rings is 1. The van der Waals surface area contributed by atoms with Crippen LogP contribution in [-0.2, 0) is 37.8 Å². The fraction of sp³-hybridized carbons (Fsp3) is 0.773. The molecule has 1 aromatic rings. The maximum Gasteiger partial charge on any atom is 0.235 e. The molecule has 1 aliphatic carbocycles. The maximum atomic E-state index is 11.8. The van der Waals surface area contributed by atoms with E-state index in [4.69, 9.17) is 4.74 Å². The lowest BCUT2D eigenvalue weighted by atomic mass is 9.76. The summed E-state index contributed by atoms with van der Waals surface area (Å²) in [5.74, 6) is -0.216. The van der Waals surface area contributed by atoms with E-state index in [2.05, 4.69) is 30.1 Å². The molecule has 1 N–H and O–H groups in total. The second kappa shape index (κ2) is 8.52. The number of thiophene rings is 1. The molecule has 2 aliphatic heterocycles. The molecule has 1 amide bonds. The normalized spacial score (nSPS) is 31.9. The van der Waals surface area contributed by atoms with Crippen LogP contribution in [0.5, 0.6) is 0 Å². The van der Waals surface area contributed by atoms with E-state index in [0.717, 1.165) is 64.5 Å². The molecule has 0 bridgehead atoms. The van der Waals surface area contributed by atoms with Crippen molar-refractivity contribution in [2.45, 2.75) is 70.1 Å². The summed E-state index contributed by atoms with van der Waals surface area (Å²) in [6.45, 7) is 7.47. The summed E-state index contributed by atoms with van der Waals surface area (Å²) in [6.07, 6.45) is 7.21. The quantitative estimate of drug-likeness (QED) is 0.715. The molecule has 0 unspecified atom stereocenters. The number of hydrogen-bond acceptors (Lipinski definition) is 6. The van der Waals surface area contributed by atoms with Crippen molar-refractivity contribution in [2.24, 2.45) is 5.92 Å². The summed E-state index contributed by atoms with van der Waals surface area (Å²) in [5, 5.41) is 2.86. The molecule has 6 nitrogen and oxygen atoms in total. The molecule has 1 saturated heterocycles. The van der Waals surface area contributed by atoms with Crippen molar-refractivity contribution in [3.05, 3.63) is 21.4 Å². The Hall–Kier alpha value is -0.960. The largest absolute Gasteiger partial charge is 0.370 e. The first-order valence-electron chi connectivity index (χ1n) is 11.1. The number of amides is 1. The van der Waals surface area contributed by atoms with Gasteiger partial charge in [0.25, 0.3) is 0 Å². The number of aryl methyl sites for hydroxylation is 1. The van der Waals surface area contributed by atoms with Crippen molar-refractivity contribution in [2.75, 3.05) is 31.7 Å². The summed E-state index contributed by atoms with van der Waals surface area (Å²) in [5.41, 5.74) is 1.36. The monoisotopic (exact) mass is 454 g/mol. The lowest BCUT2D eigenvalue weighted by Crippen LogP contribution is -2.54. The molecule has 2 atom stereocenters. The van der Waals surface area contributed by atoms with Crippen LogP contribution >= 0.6 is 11.3 Å². The van der Waals surface area contributed by atoms with Crippen LogP contribution in [0.2, 0.25) is 0 Å². The number of ether oxygens (including phenoxy) is 1. The van der Waals surface area contributed by atoms with Gasteiger partial charge in [-0.1, -0.05) is 6.92 Å². The summed E-state index contributed by atoms with van der Waals surface area (Å²) >= 11 is 1.97. The Morgan fingerprint density at radius 3 is 2.83 bits per heavy atom. The molecule has 4 rings (SSSR count). The van der Waals surface area contributed by atoms with E-state index >= 15 is 0 Å². The molecule has 1 aromatic heterocycles. The summed E-state index contributed by atoms with van der Waals surface area (Å²) in [7, 11) is -3.26. The molecule has 1 saturated carbocycles. The van der Waals surface area contributed by atoms with E-state index < -0.39 is 15.6 Å². The average molecular weight is 455 g/mol. The molecular weight excluding hydrogens is 420 g/mol. The number of likely N-dealkylation sites (tertiary alicyclic amines) is 1. The zero-order valence-corrected chi connectivity index (χ0v) is 19.9. The van der Waals surface area contributed by atoms with Crippen LogP contribution in [0.3, 0.4) is 0 Å². The second-order valence-electron chi connectivity index (χ2n) is 9.47. The first-order chi connectivity index (χ1) is 14.2. The zero-order valence-electron chi connectivity index (χ0n) is 18.3. The van der Waals surface area contributed by atoms with Crippen LogP contribution in [0, 0.1) is 5.92 Å². The van der Waals surface area contributed by atoms with E-state index in [1.807, 2.05) is 11.3 Å². The van der Waals surface area contributed by atoms with Gasteiger partial charge in [0.2, 0.25) is 5.91 Å². The van der Waals surface area contributed by atoms with Crippen LogP contribution in [-0.4, -0.2) is 63.0 Å². The lowest BCUT2D eigenvalue weighted by Gasteiger charge is -2.49. The summed E-state index contributed by atoms with van der Waals surface area (Å²) in [4.78, 5) is 17.4. The van der Waals surface area contributed by atoms with Crippen LogP contribution in [0.15, 0.2) is 6.07 Å². The van der Waals surface area contributed by atoms with Gasteiger partial charge in [0.1, 0.15) is 5.75 Å². The standard InChI is InChI=1S/C22H34N2O4S2/c1-4-18-11-19-20(29-18)5-8-28-22(19)6-7-24(15(2)12-22)13-16-9-17(10-16)23-21(25)14-30(3,26)27/h11,15-17H,4-10,12-14H2,1-3H3,(H,23,25)/t15-,16-,17+,22+/m0/s1. The Labute approximate surface area is 184 Å². The molecule has 3 aliphatic rings. The number of carbonyl (C=O) groups is 1. The van der Waals surface area contributed by atoms with Gasteiger partial charge < -0.3 is 15.0 Å². The molecule has 8 heteroatoms. The van der Waals surface area contributed by atoms with Gasteiger partial charge in [-0.25, -0.2) is 8.42 Å². The molecule has 1 spiro atoms. The Morgan fingerprint density at radius 1 is 1.40 bits per heavy atom. The van der Waals surface area contributed by atoms with Gasteiger partial charge in [-0.05, 0) is 56.6 Å². The number of sulfone groups is 1. The van der Waals surface area contributed by atoms with Crippen LogP contribution in [0.4, 0.5) is 0 Å². The van der Waals surface area contributed by atoms with Gasteiger partial charge in [0, 0.05) is 47.6 Å². The van der Waals surface area contributed by atoms with Crippen molar-refractivity contribution in [1.82, 2.24) is 10.2 Å². The van der Waals surface area contributed by atoms with E-state index in [9.17, 15) is 13.2 Å². The third kappa shape index (κ3) is 4.76. The minimum Gasteiger partial charge on any atom is -0.370 e. The molecular formula is C22H34N2O4S2. The van der Waals surface area contributed by atoms with Gasteiger partial charge in [0.15, 0.2) is 9.84 Å². The molecule has 3 heterocycles. The first-order valence-corrected chi connectivity index (χ1v) is 14.0. The van der Waals surface area contributed by atoms with Gasteiger partial charge in [0.05, 0.1) is 12.2 Å². The van der Waals surface area contributed by atoms with E-state index in [0.29, 0.717) is 12.0 Å². The number of carbonyl (C=O) groups excluding carboxylic acids is 1. The van der Waals surface area contributed by atoms with Crippen molar-refractivity contribution in [3.8, 4) is 0 Å². The third-order valence-corrected chi connectivity index (χ3v) is 9.07. The van der Waals surface area contributed by atoms with Crippen molar-refractivity contribution in [3.63, 3.8) is 0 Å². The van der Waals surface area contributed by atoms with Crippen molar-refractivity contribution < 1.29 is 17.9 Å². The van der Waals surface area contributed by atoms with E-state index in [-0.39, 0.29) is 17.6 Å². The Bertz CT molecular complexity index is 891. The van der Waals surface area contributed by atoms with Gasteiger partial charge in [-0.15, -0.1) is 11.3 Å². The third-order valence-electron chi connectivity index (χ3n) is 6.94. The van der Waals surface area contributed by atoms with E-state index in [1.165, 1.54) is 15.3 Å². The maximum absolute atomic E-state index is 11.8. The van der Waals surface area contributed by atoms with Crippen LogP contribution in [0.25, 0.3) is 0 Å². The summed E-state index contributed by atoms with van der Waals surface area (Å²) < 4.78 is 28.9. The van der Waals surface area contributed by atoms with Crippen molar-refractivity contribution >= 4 is 27.1 Å². The molecule has 2 fully saturated rings. The predicted molar refractivity (Wildman–Crippen MR) is 120 cm³/mol. The highest BCUT2D eigenvalue weighted by molar-refractivity contribution is 7.91. The highest BCUT2D eigenvalue weighted by Gasteiger charge is 2.45. The fourth-order valence-corrected chi connectivity index (χ4v) is 7.13. The van der Waals surface area contributed by atoms with Crippen molar-refractivity contribution in [1.29, 1.82) is 0 Å². The molecule has 168 valence electrons. The Balaban J connectivity index is 1.29. The average Bonchev–Trinajstić information content (AvgIpc) is 3.05. The summed E-state index contributed by atoms with van der Waals surface area (Å²) in [6, 6.07) is 2.99. The highest BCUT2D eigenvalue weighted by atomic mass is 32.2. The number of fused-ring (bicyclic) bond motifs is 2. The fourth-order valence-electron chi connectivity index (χ4n) is 5.39. The minimum atomic E-state index is -3.26. The van der Waals surface area contributed by atoms with Crippen LogP contribution in [0.1, 0.15) is 54.8 Å². The minimum absolute atomic E-state index is 0.102. The van der Waals surface area contributed by atoms with E-state index in [1.54, 1.807) is 0 Å². The SMILES string of the molecule is CCc1cc2c(s1)CCO[C@@]21CCN(C[C@H]2C[C@@H](NC(=O)CS(C)(=O)=O)C2)[C@@H](C)C1. The number of nitrogens with zero attached hydrogens (tertiary/aromatic N) is 1. The first kappa shape index (κ1) is 22.2. The topological polar surface area (TPSA) is 75.7 Å². The van der Waals surface area contributed by atoms with Crippen LogP contribution < -0.4 is 5.32 Å². The number of nitrogens with one attached hydrogen (secondary N) is 1. The van der Waals surface area contributed by atoms with Gasteiger partial charge in [-0.2, -0.15) is 0 Å². The Kier molecular flexibility index (Phi) is 6.32. The highest BCUT2D eigenvalue weighted by Crippen LogP contribution is 2.46. The number of hydrogen-bond donors (Lipinski definition) is 1. The predicted octanol–water partition coefficient (Wildman–Crippen LogP) is 2.50. The van der Waals surface area contributed by atoms with Gasteiger partial charge in [-0.3, -0.25) is 4.79 Å². The molecule has 30 heavy (non-hydrogen) atoms. The van der Waals surface area contributed by atoms with Gasteiger partial charge >= 0.3 is 0 Å². The lowest BCUT2D eigenvalue weighted by molar-refractivity contribution is -0.121. The smallest absolute Gasteiger partial charge is 0.235 e. The number of rotatable bonds is 6. The Morgan fingerprint density at radius 2 is 2.17 bits per heavy atom. The molecule has 0 radical (unpaired) electrons. The second-order valence-corrected chi connectivity index (χ2v) is 12.8. The zero-order chi connectivity index (χ0) is 21.5.